The lowest BCUT2D eigenvalue weighted by atomic mass is 10.1. The predicted molar refractivity (Wildman–Crippen MR) is 92.3 cm³/mol. The number of esters is 1. The number of carbonyl (C=O) groups excluding carboxylic acids is 2. The highest BCUT2D eigenvalue weighted by molar-refractivity contribution is 5.97. The molecule has 0 bridgehead atoms. The quantitative estimate of drug-likeness (QED) is 0.803. The highest BCUT2D eigenvalue weighted by atomic mass is 16.5. The number of fused-ring (bicyclic) bond motifs is 2. The van der Waals surface area contributed by atoms with Crippen LogP contribution in [-0.4, -0.2) is 49.0 Å². The number of ether oxygens (including phenoxy) is 2. The summed E-state index contributed by atoms with van der Waals surface area (Å²) in [6.45, 7) is 2.87. The summed E-state index contributed by atoms with van der Waals surface area (Å²) in [7, 11) is 3.05. The Morgan fingerprint density at radius 3 is 2.96 bits per heavy atom. The number of aryl methyl sites for hydroxylation is 1. The molecule has 0 aliphatic carbocycles. The third-order valence-electron chi connectivity index (χ3n) is 4.01. The van der Waals surface area contributed by atoms with Gasteiger partial charge in [0.2, 0.25) is 0 Å². The molecule has 1 amide bonds. The van der Waals surface area contributed by atoms with Gasteiger partial charge in [0.1, 0.15) is 5.75 Å². The summed E-state index contributed by atoms with van der Waals surface area (Å²) < 4.78 is 10.8. The number of pyridine rings is 1. The van der Waals surface area contributed by atoms with Gasteiger partial charge in [-0.05, 0) is 18.6 Å². The molecule has 25 heavy (non-hydrogen) atoms. The van der Waals surface area contributed by atoms with Gasteiger partial charge >= 0.3 is 5.97 Å². The van der Waals surface area contributed by atoms with Crippen LogP contribution in [0.2, 0.25) is 0 Å². The van der Waals surface area contributed by atoms with Crippen molar-refractivity contribution in [1.29, 1.82) is 0 Å². The molecule has 7 nitrogen and oxygen atoms in total. The molecule has 1 aliphatic rings. The fourth-order valence-electron chi connectivity index (χ4n) is 2.60. The van der Waals surface area contributed by atoms with Crippen molar-refractivity contribution >= 4 is 17.7 Å². The van der Waals surface area contributed by atoms with Crippen molar-refractivity contribution in [3.05, 3.63) is 47.2 Å². The SMILES string of the molecule is COC(=O)c1cnc2c(c1)Oc1c(C)cccc1C(=O)N(C)CCN2. The van der Waals surface area contributed by atoms with Crippen LogP contribution in [-0.2, 0) is 4.74 Å². The third kappa shape index (κ3) is 3.26. The maximum Gasteiger partial charge on any atom is 0.339 e. The number of hydrogen-bond acceptors (Lipinski definition) is 6. The number of methoxy groups -OCH3 is 1. The average Bonchev–Trinajstić information content (AvgIpc) is 2.62. The first kappa shape index (κ1) is 16.8. The molecular weight excluding hydrogens is 322 g/mol. The molecule has 0 unspecified atom stereocenters. The van der Waals surface area contributed by atoms with E-state index >= 15 is 0 Å². The third-order valence-corrected chi connectivity index (χ3v) is 4.01. The van der Waals surface area contributed by atoms with E-state index in [9.17, 15) is 9.59 Å². The van der Waals surface area contributed by atoms with E-state index in [1.54, 1.807) is 24.1 Å². The van der Waals surface area contributed by atoms with Crippen molar-refractivity contribution in [3.8, 4) is 11.5 Å². The molecule has 0 atom stereocenters. The first-order valence-electron chi connectivity index (χ1n) is 7.86. The van der Waals surface area contributed by atoms with E-state index in [4.69, 9.17) is 9.47 Å². The summed E-state index contributed by atoms with van der Waals surface area (Å²) >= 11 is 0. The van der Waals surface area contributed by atoms with Gasteiger partial charge in [-0.25, -0.2) is 9.78 Å². The zero-order valence-corrected chi connectivity index (χ0v) is 14.3. The number of hydrogen-bond donors (Lipinski definition) is 1. The molecule has 0 saturated carbocycles. The average molecular weight is 341 g/mol. The minimum absolute atomic E-state index is 0.124. The number of para-hydroxylation sites is 1. The fraction of sp³-hybridized carbons (Fsp3) is 0.278. The summed E-state index contributed by atoms with van der Waals surface area (Å²) in [5.74, 6) is 0.700. The van der Waals surface area contributed by atoms with Gasteiger partial charge < -0.3 is 19.7 Å². The zero-order chi connectivity index (χ0) is 18.0. The van der Waals surface area contributed by atoms with E-state index in [1.165, 1.54) is 13.3 Å². The van der Waals surface area contributed by atoms with E-state index in [-0.39, 0.29) is 11.5 Å². The van der Waals surface area contributed by atoms with E-state index in [1.807, 2.05) is 19.1 Å². The number of rotatable bonds is 1. The summed E-state index contributed by atoms with van der Waals surface area (Å²) in [5.41, 5.74) is 1.56. The molecule has 1 aromatic carbocycles. The summed E-state index contributed by atoms with van der Waals surface area (Å²) in [4.78, 5) is 30.3. The molecule has 0 radical (unpaired) electrons. The van der Waals surface area contributed by atoms with Crippen molar-refractivity contribution in [3.63, 3.8) is 0 Å². The number of aromatic nitrogens is 1. The molecule has 3 rings (SSSR count). The van der Waals surface area contributed by atoms with Crippen LogP contribution in [0.25, 0.3) is 0 Å². The molecule has 1 aliphatic heterocycles. The lowest BCUT2D eigenvalue weighted by Gasteiger charge is -2.23. The maximum atomic E-state index is 12.7. The van der Waals surface area contributed by atoms with E-state index in [2.05, 4.69) is 10.3 Å². The summed E-state index contributed by atoms with van der Waals surface area (Å²) in [6, 6.07) is 6.97. The standard InChI is InChI=1S/C18H19N3O4/c1-11-5-4-6-13-15(11)25-14-9-12(18(23)24-3)10-20-16(14)19-7-8-21(2)17(13)22/h4-6,9-10H,7-8H2,1-3H3,(H,19,20). The van der Waals surface area contributed by atoms with Gasteiger partial charge in [0.15, 0.2) is 11.6 Å². The second kappa shape index (κ2) is 6.80. The predicted octanol–water partition coefficient (Wildman–Crippen LogP) is 2.47. The highest BCUT2D eigenvalue weighted by Gasteiger charge is 2.22. The van der Waals surface area contributed by atoms with Gasteiger partial charge in [0.05, 0.1) is 18.2 Å². The van der Waals surface area contributed by atoms with Crippen LogP contribution in [0.5, 0.6) is 11.5 Å². The Morgan fingerprint density at radius 2 is 2.20 bits per heavy atom. The molecule has 2 heterocycles. The van der Waals surface area contributed by atoms with Crippen LogP contribution >= 0.6 is 0 Å². The number of likely N-dealkylation sites (N-methyl/N-ethyl adjacent to an activating group) is 1. The minimum atomic E-state index is -0.503. The van der Waals surface area contributed by atoms with Crippen molar-refractivity contribution in [2.45, 2.75) is 6.92 Å². The molecule has 2 aromatic rings. The number of anilines is 1. The lowest BCUT2D eigenvalue weighted by Crippen LogP contribution is -2.32. The van der Waals surface area contributed by atoms with Crippen LogP contribution in [0.1, 0.15) is 26.3 Å². The molecule has 1 N–H and O–H groups in total. The van der Waals surface area contributed by atoms with Crippen LogP contribution in [0.4, 0.5) is 5.82 Å². The van der Waals surface area contributed by atoms with Crippen LogP contribution in [0.3, 0.4) is 0 Å². The van der Waals surface area contributed by atoms with Gasteiger partial charge in [0.25, 0.3) is 5.91 Å². The monoisotopic (exact) mass is 341 g/mol. The van der Waals surface area contributed by atoms with Gasteiger partial charge in [-0.3, -0.25) is 4.79 Å². The smallest absolute Gasteiger partial charge is 0.339 e. The molecule has 7 heteroatoms. The van der Waals surface area contributed by atoms with Crippen LogP contribution < -0.4 is 10.1 Å². The second-order valence-electron chi connectivity index (χ2n) is 5.77. The van der Waals surface area contributed by atoms with Crippen LogP contribution in [0.15, 0.2) is 30.5 Å². The van der Waals surface area contributed by atoms with Gasteiger partial charge in [0, 0.05) is 32.4 Å². The van der Waals surface area contributed by atoms with Gasteiger partial charge in [-0.15, -0.1) is 0 Å². The number of nitrogens with zero attached hydrogens (tertiary/aromatic N) is 2. The van der Waals surface area contributed by atoms with Crippen LogP contribution in [0, 0.1) is 6.92 Å². The lowest BCUT2D eigenvalue weighted by molar-refractivity contribution is 0.0599. The number of benzene rings is 1. The fourth-order valence-corrected chi connectivity index (χ4v) is 2.60. The van der Waals surface area contributed by atoms with Gasteiger partial charge in [-0.2, -0.15) is 0 Å². The first-order valence-corrected chi connectivity index (χ1v) is 7.86. The number of amides is 1. The van der Waals surface area contributed by atoms with E-state index in [0.717, 1.165) is 5.56 Å². The largest absolute Gasteiger partial charge is 0.465 e. The van der Waals surface area contributed by atoms with Crippen molar-refractivity contribution in [2.24, 2.45) is 0 Å². The molecular formula is C18H19N3O4. The highest BCUT2D eigenvalue weighted by Crippen LogP contribution is 2.34. The van der Waals surface area contributed by atoms with E-state index in [0.29, 0.717) is 36.0 Å². The number of nitrogens with one attached hydrogen (secondary N) is 1. The van der Waals surface area contributed by atoms with Gasteiger partial charge in [-0.1, -0.05) is 12.1 Å². The first-order chi connectivity index (χ1) is 12.0. The molecule has 130 valence electrons. The normalized spacial score (nSPS) is 13.9. The molecule has 0 saturated heterocycles. The van der Waals surface area contributed by atoms with E-state index < -0.39 is 5.97 Å². The Balaban J connectivity index is 2.13. The van der Waals surface area contributed by atoms with Crippen molar-refractivity contribution in [1.82, 2.24) is 9.88 Å². The minimum Gasteiger partial charge on any atom is -0.465 e. The van der Waals surface area contributed by atoms with Crippen molar-refractivity contribution < 1.29 is 19.1 Å². The zero-order valence-electron chi connectivity index (χ0n) is 14.3. The Hall–Kier alpha value is -3.09. The molecule has 0 fully saturated rings. The second-order valence-corrected chi connectivity index (χ2v) is 5.77. The Morgan fingerprint density at radius 1 is 1.40 bits per heavy atom. The Bertz CT molecular complexity index is 835. The number of carbonyl (C=O) groups is 2. The Kier molecular flexibility index (Phi) is 4.56. The maximum absolute atomic E-state index is 12.7. The molecule has 0 spiro atoms. The summed E-state index contributed by atoms with van der Waals surface area (Å²) in [5, 5.41) is 3.14. The van der Waals surface area contributed by atoms with Crippen molar-refractivity contribution in [2.75, 3.05) is 32.6 Å². The topological polar surface area (TPSA) is 80.8 Å². The Labute approximate surface area is 145 Å². The summed E-state index contributed by atoms with van der Waals surface area (Å²) in [6.07, 6.45) is 1.43. The molecule has 1 aromatic heterocycles.